The van der Waals surface area contributed by atoms with Crippen molar-refractivity contribution in [1.29, 1.82) is 0 Å². The predicted molar refractivity (Wildman–Crippen MR) is 110 cm³/mol. The number of likely N-dealkylation sites (tertiary alicyclic amines) is 1. The van der Waals surface area contributed by atoms with Gasteiger partial charge < -0.3 is 14.3 Å². The van der Waals surface area contributed by atoms with E-state index in [-0.39, 0.29) is 17.6 Å². The first-order valence-electron chi connectivity index (χ1n) is 10.1. The minimum atomic E-state index is -0.251. The fourth-order valence-electron chi connectivity index (χ4n) is 4.04. The number of halogens is 1. The highest BCUT2D eigenvalue weighted by molar-refractivity contribution is 5.97. The molecule has 1 aliphatic heterocycles. The Morgan fingerprint density at radius 2 is 2.13 bits per heavy atom. The molecule has 1 aliphatic rings. The van der Waals surface area contributed by atoms with Crippen molar-refractivity contribution < 1.29 is 13.6 Å². The summed E-state index contributed by atoms with van der Waals surface area (Å²) in [4.78, 5) is 26.5. The van der Waals surface area contributed by atoms with Crippen LogP contribution in [0.3, 0.4) is 0 Å². The smallest absolute Gasteiger partial charge is 0.253 e. The van der Waals surface area contributed by atoms with Gasteiger partial charge in [0.1, 0.15) is 11.6 Å². The molecule has 1 saturated heterocycles. The second-order valence-electron chi connectivity index (χ2n) is 7.66. The maximum atomic E-state index is 13.9. The Hall–Kier alpha value is -3.48. The number of aromatic amines is 1. The molecule has 1 fully saturated rings. The zero-order chi connectivity index (χ0) is 20.5. The number of rotatable bonds is 4. The molecule has 6 nitrogen and oxygen atoms in total. The van der Waals surface area contributed by atoms with Crippen molar-refractivity contribution in [2.45, 2.75) is 25.2 Å². The Morgan fingerprint density at radius 1 is 1.23 bits per heavy atom. The standard InChI is InChI=1S/C23H21FN4O2/c24-19-6-2-1-4-15(19)10-18-12-25-22(30-18)17-5-3-9-28(13-17)23(29)16-7-8-20-21(11-16)27-14-26-20/h1-2,4,6-8,11-12,14,17H,3,5,9-10,13H2,(H,26,27)/t17-/m1/s1. The van der Waals surface area contributed by atoms with Crippen molar-refractivity contribution >= 4 is 16.9 Å². The molecule has 0 bridgehead atoms. The quantitative estimate of drug-likeness (QED) is 0.550. The summed E-state index contributed by atoms with van der Waals surface area (Å²) in [6.45, 7) is 1.26. The highest BCUT2D eigenvalue weighted by Gasteiger charge is 2.28. The zero-order valence-electron chi connectivity index (χ0n) is 16.3. The second-order valence-corrected chi connectivity index (χ2v) is 7.66. The average Bonchev–Trinajstić information content (AvgIpc) is 3.44. The lowest BCUT2D eigenvalue weighted by Gasteiger charge is -2.31. The van der Waals surface area contributed by atoms with Crippen LogP contribution in [0.5, 0.6) is 0 Å². The Balaban J connectivity index is 1.30. The van der Waals surface area contributed by atoms with Crippen molar-refractivity contribution in [3.05, 3.63) is 83.6 Å². The van der Waals surface area contributed by atoms with Crippen molar-refractivity contribution in [1.82, 2.24) is 19.9 Å². The molecule has 1 amide bonds. The van der Waals surface area contributed by atoms with E-state index < -0.39 is 0 Å². The second kappa shape index (κ2) is 7.74. The molecule has 0 saturated carbocycles. The van der Waals surface area contributed by atoms with E-state index in [1.807, 2.05) is 23.1 Å². The number of fused-ring (bicyclic) bond motifs is 1. The summed E-state index contributed by atoms with van der Waals surface area (Å²) in [5.74, 6) is 1.02. The first kappa shape index (κ1) is 18.5. The lowest BCUT2D eigenvalue weighted by molar-refractivity contribution is 0.0698. The Bertz CT molecular complexity index is 1200. The van der Waals surface area contributed by atoms with Crippen LogP contribution in [0, 0.1) is 5.82 Å². The molecule has 0 radical (unpaired) electrons. The van der Waals surface area contributed by atoms with Gasteiger partial charge in [0.15, 0.2) is 5.89 Å². The normalized spacial score (nSPS) is 16.8. The molecule has 1 N–H and O–H groups in total. The molecule has 30 heavy (non-hydrogen) atoms. The van der Waals surface area contributed by atoms with E-state index in [0.717, 1.165) is 23.9 Å². The Kier molecular flexibility index (Phi) is 4.78. The van der Waals surface area contributed by atoms with Gasteiger partial charge in [0.05, 0.1) is 29.5 Å². The van der Waals surface area contributed by atoms with Crippen LogP contribution in [-0.4, -0.2) is 38.8 Å². The van der Waals surface area contributed by atoms with Crippen LogP contribution in [0.15, 0.2) is 59.4 Å². The summed E-state index contributed by atoms with van der Waals surface area (Å²) < 4.78 is 19.8. The van der Waals surface area contributed by atoms with Crippen LogP contribution >= 0.6 is 0 Å². The molecule has 0 unspecified atom stereocenters. The van der Waals surface area contributed by atoms with Crippen LogP contribution in [0.1, 0.15) is 46.3 Å². The van der Waals surface area contributed by atoms with E-state index in [1.165, 1.54) is 6.07 Å². The number of amides is 1. The minimum Gasteiger partial charge on any atom is -0.445 e. The largest absolute Gasteiger partial charge is 0.445 e. The van der Waals surface area contributed by atoms with Gasteiger partial charge in [-0.25, -0.2) is 14.4 Å². The maximum absolute atomic E-state index is 13.9. The maximum Gasteiger partial charge on any atom is 0.253 e. The van der Waals surface area contributed by atoms with Crippen molar-refractivity contribution in [3.8, 4) is 0 Å². The summed E-state index contributed by atoms with van der Waals surface area (Å²) in [6.07, 6.45) is 5.43. The van der Waals surface area contributed by atoms with Gasteiger partial charge >= 0.3 is 0 Å². The fraction of sp³-hybridized carbons (Fsp3) is 0.261. The van der Waals surface area contributed by atoms with Crippen molar-refractivity contribution in [3.63, 3.8) is 0 Å². The third-order valence-electron chi connectivity index (χ3n) is 5.62. The summed E-state index contributed by atoms with van der Waals surface area (Å²) in [5.41, 5.74) is 2.90. The number of benzene rings is 2. The molecule has 152 valence electrons. The van der Waals surface area contributed by atoms with Gasteiger partial charge in [-0.1, -0.05) is 18.2 Å². The van der Waals surface area contributed by atoms with Crippen molar-refractivity contribution in [2.75, 3.05) is 13.1 Å². The molecule has 0 aliphatic carbocycles. The summed E-state index contributed by atoms with van der Waals surface area (Å²) in [6, 6.07) is 12.2. The lowest BCUT2D eigenvalue weighted by Crippen LogP contribution is -2.39. The van der Waals surface area contributed by atoms with Gasteiger partial charge in [0, 0.05) is 25.1 Å². The highest BCUT2D eigenvalue weighted by Crippen LogP contribution is 2.28. The number of piperidine rings is 1. The third kappa shape index (κ3) is 3.58. The van der Waals surface area contributed by atoms with Gasteiger partial charge in [-0.15, -0.1) is 0 Å². The van der Waals surface area contributed by atoms with E-state index in [4.69, 9.17) is 4.42 Å². The summed E-state index contributed by atoms with van der Waals surface area (Å²) in [7, 11) is 0. The number of oxazole rings is 1. The number of hydrogen-bond acceptors (Lipinski definition) is 4. The number of carbonyl (C=O) groups is 1. The molecule has 3 heterocycles. The highest BCUT2D eigenvalue weighted by atomic mass is 19.1. The number of imidazole rings is 1. The molecule has 7 heteroatoms. The number of nitrogens with zero attached hydrogens (tertiary/aromatic N) is 3. The number of H-pyrrole nitrogens is 1. The topological polar surface area (TPSA) is 75.0 Å². The van der Waals surface area contributed by atoms with Crippen LogP contribution < -0.4 is 0 Å². The lowest BCUT2D eigenvalue weighted by atomic mass is 9.97. The molecular weight excluding hydrogens is 383 g/mol. The SMILES string of the molecule is O=C(c1ccc2nc[nH]c2c1)N1CCC[C@@H](c2ncc(Cc3ccccc3F)o2)C1. The number of carbonyl (C=O) groups excluding carboxylic acids is 1. The first-order chi connectivity index (χ1) is 14.7. The minimum absolute atomic E-state index is 0.00524. The van der Waals surface area contributed by atoms with E-state index in [9.17, 15) is 9.18 Å². The van der Waals surface area contributed by atoms with Gasteiger partial charge in [-0.3, -0.25) is 4.79 Å². The molecule has 4 aromatic rings. The number of hydrogen-bond donors (Lipinski definition) is 1. The van der Waals surface area contributed by atoms with Gasteiger partial charge in [0.25, 0.3) is 5.91 Å². The molecular formula is C23H21FN4O2. The van der Waals surface area contributed by atoms with Gasteiger partial charge in [-0.05, 0) is 42.7 Å². The monoisotopic (exact) mass is 404 g/mol. The number of aromatic nitrogens is 3. The molecule has 2 aromatic heterocycles. The van der Waals surface area contributed by atoms with Gasteiger partial charge in [-0.2, -0.15) is 0 Å². The summed E-state index contributed by atoms with van der Waals surface area (Å²) >= 11 is 0. The average molecular weight is 404 g/mol. The molecule has 0 spiro atoms. The van der Waals surface area contributed by atoms with Crippen molar-refractivity contribution in [2.24, 2.45) is 0 Å². The van der Waals surface area contributed by atoms with Crippen LogP contribution in [-0.2, 0) is 6.42 Å². The predicted octanol–water partition coefficient (Wildman–Crippen LogP) is 4.30. The molecule has 2 aromatic carbocycles. The first-order valence-corrected chi connectivity index (χ1v) is 10.1. The van der Waals surface area contributed by atoms with Crippen LogP contribution in [0.4, 0.5) is 4.39 Å². The Labute approximate surface area is 172 Å². The zero-order valence-corrected chi connectivity index (χ0v) is 16.3. The third-order valence-corrected chi connectivity index (χ3v) is 5.62. The molecule has 5 rings (SSSR count). The van der Waals surface area contributed by atoms with E-state index in [1.54, 1.807) is 30.7 Å². The van der Waals surface area contributed by atoms with Gasteiger partial charge in [0.2, 0.25) is 0 Å². The molecule has 1 atom stereocenters. The fourth-order valence-corrected chi connectivity index (χ4v) is 4.04. The summed E-state index contributed by atoms with van der Waals surface area (Å²) in [5, 5.41) is 0. The van der Waals surface area contributed by atoms with E-state index in [0.29, 0.717) is 42.3 Å². The van der Waals surface area contributed by atoms with Crippen LogP contribution in [0.2, 0.25) is 0 Å². The number of nitrogens with one attached hydrogen (secondary N) is 1. The Morgan fingerprint density at radius 3 is 3.03 bits per heavy atom. The van der Waals surface area contributed by atoms with Crippen LogP contribution in [0.25, 0.3) is 11.0 Å². The van der Waals surface area contributed by atoms with E-state index >= 15 is 0 Å². The van der Waals surface area contributed by atoms with E-state index in [2.05, 4.69) is 15.0 Å².